The Balaban J connectivity index is 1.29. The predicted molar refractivity (Wildman–Crippen MR) is 122 cm³/mol. The number of amides is 2. The van der Waals surface area contributed by atoms with Crippen LogP contribution in [0, 0.1) is 0 Å². The van der Waals surface area contributed by atoms with Crippen molar-refractivity contribution in [2.45, 2.75) is 19.5 Å². The van der Waals surface area contributed by atoms with Crippen LogP contribution in [0.1, 0.15) is 17.5 Å². The third kappa shape index (κ3) is 6.09. The number of carbonyl (C=O) groups is 1. The number of morpholine rings is 1. The van der Waals surface area contributed by atoms with Gasteiger partial charge in [-0.25, -0.2) is 9.78 Å². The van der Waals surface area contributed by atoms with Crippen molar-refractivity contribution in [3.05, 3.63) is 58.7 Å². The zero-order chi connectivity index (χ0) is 21.5. The van der Waals surface area contributed by atoms with Gasteiger partial charge in [-0.15, -0.1) is 0 Å². The second-order valence-corrected chi connectivity index (χ2v) is 8.42. The van der Waals surface area contributed by atoms with Crippen molar-refractivity contribution < 1.29 is 9.53 Å². The molecule has 2 saturated heterocycles. The molecular weight excluding hydrogens is 414 g/mol. The summed E-state index contributed by atoms with van der Waals surface area (Å²) in [7, 11) is 0. The summed E-state index contributed by atoms with van der Waals surface area (Å²) in [6.45, 7) is 7.77. The van der Waals surface area contributed by atoms with Crippen LogP contribution in [-0.2, 0) is 17.8 Å². The molecule has 3 heterocycles. The Labute approximate surface area is 188 Å². The number of nitrogens with one attached hydrogen (secondary N) is 1. The molecule has 1 N–H and O–H groups in total. The first-order chi connectivity index (χ1) is 15.2. The number of rotatable bonds is 5. The van der Waals surface area contributed by atoms with E-state index in [1.807, 2.05) is 29.2 Å². The molecule has 0 spiro atoms. The largest absolute Gasteiger partial charge is 0.378 e. The lowest BCUT2D eigenvalue weighted by Crippen LogP contribution is -2.42. The number of nitrogens with zero attached hydrogens (tertiary/aromatic N) is 4. The van der Waals surface area contributed by atoms with Crippen LogP contribution in [0.25, 0.3) is 0 Å². The van der Waals surface area contributed by atoms with E-state index in [0.717, 1.165) is 68.6 Å². The van der Waals surface area contributed by atoms with Crippen LogP contribution in [0.2, 0.25) is 5.02 Å². The highest BCUT2D eigenvalue weighted by atomic mass is 35.5. The third-order valence-electron chi connectivity index (χ3n) is 5.80. The molecule has 8 heteroatoms. The van der Waals surface area contributed by atoms with Gasteiger partial charge in [-0.1, -0.05) is 29.8 Å². The van der Waals surface area contributed by atoms with Crippen molar-refractivity contribution in [2.75, 3.05) is 57.4 Å². The maximum Gasteiger partial charge on any atom is 0.317 e. The normalized spacial score (nSPS) is 18.0. The van der Waals surface area contributed by atoms with E-state index in [0.29, 0.717) is 19.8 Å². The van der Waals surface area contributed by atoms with E-state index in [9.17, 15) is 4.79 Å². The van der Waals surface area contributed by atoms with E-state index in [1.165, 1.54) is 5.56 Å². The maximum absolute atomic E-state index is 12.8. The molecular formula is C23H30ClN5O2. The first-order valence-electron chi connectivity index (χ1n) is 11.0. The molecule has 0 aliphatic carbocycles. The number of hydrogen-bond acceptors (Lipinski definition) is 5. The fraction of sp³-hybridized carbons (Fsp3) is 0.478. The lowest BCUT2D eigenvalue weighted by atomic mass is 10.2. The van der Waals surface area contributed by atoms with Gasteiger partial charge in [0.1, 0.15) is 5.82 Å². The van der Waals surface area contributed by atoms with Crippen LogP contribution in [0.4, 0.5) is 10.6 Å². The molecule has 166 valence electrons. The highest BCUT2D eigenvalue weighted by Crippen LogP contribution is 2.18. The minimum Gasteiger partial charge on any atom is -0.378 e. The summed E-state index contributed by atoms with van der Waals surface area (Å²) in [4.78, 5) is 23.9. The third-order valence-corrected chi connectivity index (χ3v) is 6.06. The number of urea groups is 1. The molecule has 0 unspecified atom stereocenters. The van der Waals surface area contributed by atoms with Crippen LogP contribution >= 0.6 is 11.6 Å². The van der Waals surface area contributed by atoms with Gasteiger partial charge in [-0.2, -0.15) is 0 Å². The van der Waals surface area contributed by atoms with Gasteiger partial charge in [-0.05, 0) is 30.2 Å². The number of anilines is 1. The maximum atomic E-state index is 12.8. The van der Waals surface area contributed by atoms with Crippen molar-refractivity contribution in [1.29, 1.82) is 0 Å². The summed E-state index contributed by atoms with van der Waals surface area (Å²) < 4.78 is 5.45. The summed E-state index contributed by atoms with van der Waals surface area (Å²) in [6.07, 6.45) is 2.77. The number of carbonyl (C=O) groups excluding carboxylic acids is 1. The Kier molecular flexibility index (Phi) is 7.61. The van der Waals surface area contributed by atoms with Crippen LogP contribution in [0.15, 0.2) is 42.6 Å². The molecule has 2 fully saturated rings. The molecule has 7 nitrogen and oxygen atoms in total. The molecule has 2 aliphatic rings. The molecule has 1 aromatic carbocycles. The van der Waals surface area contributed by atoms with Gasteiger partial charge in [-0.3, -0.25) is 4.90 Å². The Bertz CT molecular complexity index is 857. The highest BCUT2D eigenvalue weighted by molar-refractivity contribution is 6.30. The van der Waals surface area contributed by atoms with Gasteiger partial charge in [0.2, 0.25) is 0 Å². The summed E-state index contributed by atoms with van der Waals surface area (Å²) in [5.41, 5.74) is 2.28. The monoisotopic (exact) mass is 443 g/mol. The fourth-order valence-electron chi connectivity index (χ4n) is 4.09. The minimum absolute atomic E-state index is 0.00914. The lowest BCUT2D eigenvalue weighted by molar-refractivity contribution is 0.122. The van der Waals surface area contributed by atoms with Gasteiger partial charge >= 0.3 is 6.03 Å². The SMILES string of the molecule is O=C(NCc1cccnc1N1CCOCC1)N1CCCN(Cc2ccc(Cl)cc2)CC1. The molecule has 1 aromatic heterocycles. The zero-order valence-electron chi connectivity index (χ0n) is 17.8. The van der Waals surface area contributed by atoms with E-state index in [1.54, 1.807) is 6.20 Å². The number of pyridine rings is 1. The molecule has 0 atom stereocenters. The quantitative estimate of drug-likeness (QED) is 0.769. The molecule has 2 aliphatic heterocycles. The second-order valence-electron chi connectivity index (χ2n) is 7.99. The van der Waals surface area contributed by atoms with Crippen molar-refractivity contribution in [3.63, 3.8) is 0 Å². The van der Waals surface area contributed by atoms with Gasteiger partial charge in [0.15, 0.2) is 0 Å². The molecule has 2 aromatic rings. The van der Waals surface area contributed by atoms with Gasteiger partial charge in [0.05, 0.1) is 13.2 Å². The lowest BCUT2D eigenvalue weighted by Gasteiger charge is -2.29. The Morgan fingerprint density at radius 2 is 1.84 bits per heavy atom. The van der Waals surface area contributed by atoms with Crippen LogP contribution in [0.5, 0.6) is 0 Å². The predicted octanol–water partition coefficient (Wildman–Crippen LogP) is 2.99. The van der Waals surface area contributed by atoms with Gasteiger partial charge in [0.25, 0.3) is 0 Å². The van der Waals surface area contributed by atoms with Gasteiger partial charge < -0.3 is 19.9 Å². The Hall–Kier alpha value is -2.35. The summed E-state index contributed by atoms with van der Waals surface area (Å²) >= 11 is 5.99. The van der Waals surface area contributed by atoms with Gasteiger partial charge in [0, 0.05) is 69.1 Å². The summed E-state index contributed by atoms with van der Waals surface area (Å²) in [6, 6.07) is 11.9. The Morgan fingerprint density at radius 1 is 1.03 bits per heavy atom. The van der Waals surface area contributed by atoms with E-state index < -0.39 is 0 Å². The zero-order valence-corrected chi connectivity index (χ0v) is 18.6. The van der Waals surface area contributed by atoms with Crippen molar-refractivity contribution in [1.82, 2.24) is 20.1 Å². The Morgan fingerprint density at radius 3 is 2.65 bits per heavy atom. The van der Waals surface area contributed by atoms with E-state index in [2.05, 4.69) is 32.2 Å². The van der Waals surface area contributed by atoms with Crippen LogP contribution in [0.3, 0.4) is 0 Å². The molecule has 0 saturated carbocycles. The van der Waals surface area contributed by atoms with Crippen LogP contribution in [-0.4, -0.2) is 73.3 Å². The highest BCUT2D eigenvalue weighted by Gasteiger charge is 2.20. The van der Waals surface area contributed by atoms with Crippen molar-refractivity contribution in [3.8, 4) is 0 Å². The molecule has 4 rings (SSSR count). The first kappa shape index (κ1) is 21.9. The van der Waals surface area contributed by atoms with Crippen molar-refractivity contribution in [2.24, 2.45) is 0 Å². The van der Waals surface area contributed by atoms with E-state index in [4.69, 9.17) is 16.3 Å². The number of aromatic nitrogens is 1. The van der Waals surface area contributed by atoms with E-state index >= 15 is 0 Å². The second kappa shape index (κ2) is 10.8. The number of hydrogen-bond donors (Lipinski definition) is 1. The van der Waals surface area contributed by atoms with Crippen LogP contribution < -0.4 is 10.2 Å². The molecule has 2 amide bonds. The smallest absolute Gasteiger partial charge is 0.317 e. The molecule has 0 bridgehead atoms. The number of halogens is 1. The molecule has 31 heavy (non-hydrogen) atoms. The van der Waals surface area contributed by atoms with Crippen molar-refractivity contribution >= 4 is 23.4 Å². The number of ether oxygens (including phenoxy) is 1. The van der Waals surface area contributed by atoms with E-state index in [-0.39, 0.29) is 6.03 Å². The molecule has 0 radical (unpaired) electrons. The topological polar surface area (TPSA) is 60.9 Å². The standard InChI is InChI=1S/C23H30ClN5O2/c24-21-6-4-19(5-7-21)18-27-9-2-10-29(12-11-27)23(30)26-17-20-3-1-8-25-22(20)28-13-15-31-16-14-28/h1,3-8H,2,9-18H2,(H,26,30). The average molecular weight is 444 g/mol. The average Bonchev–Trinajstić information content (AvgIpc) is 3.05. The number of benzene rings is 1. The fourth-order valence-corrected chi connectivity index (χ4v) is 4.22. The first-order valence-corrected chi connectivity index (χ1v) is 11.3. The minimum atomic E-state index is -0.00914. The summed E-state index contributed by atoms with van der Waals surface area (Å²) in [5.74, 6) is 0.941. The summed E-state index contributed by atoms with van der Waals surface area (Å²) in [5, 5.41) is 3.86.